The molecule has 2 N–H and O–H groups in total. The van der Waals surface area contributed by atoms with Crippen molar-refractivity contribution >= 4 is 17.2 Å². The molecule has 24 heavy (non-hydrogen) atoms. The van der Waals surface area contributed by atoms with Crippen LogP contribution in [0, 0.1) is 10.1 Å². The van der Waals surface area contributed by atoms with Crippen LogP contribution in [0.5, 0.6) is 5.75 Å². The van der Waals surface area contributed by atoms with Crippen LogP contribution in [0.25, 0.3) is 0 Å². The fourth-order valence-electron chi connectivity index (χ4n) is 2.25. The van der Waals surface area contributed by atoms with Crippen molar-refractivity contribution in [2.75, 3.05) is 19.0 Å². The number of carbonyl (C=O) groups is 1. The van der Waals surface area contributed by atoms with Crippen LogP contribution >= 0.6 is 0 Å². The summed E-state index contributed by atoms with van der Waals surface area (Å²) in [6.07, 6.45) is -0.771. The van der Waals surface area contributed by atoms with Gasteiger partial charge in [-0.15, -0.1) is 0 Å². The van der Waals surface area contributed by atoms with Crippen molar-refractivity contribution in [3.8, 4) is 5.75 Å². The van der Waals surface area contributed by atoms with Gasteiger partial charge in [-0.3, -0.25) is 14.9 Å². The first-order chi connectivity index (χ1) is 11.4. The predicted octanol–water partition coefficient (Wildman–Crippen LogP) is 2.95. The third-order valence-corrected chi connectivity index (χ3v) is 3.57. The molecule has 0 bridgehead atoms. The SMILES string of the molecule is COc1ccc(C(O)CNc2ccc([N+](=O)[O-])c(C(C)=O)c2)cc1. The lowest BCUT2D eigenvalue weighted by atomic mass is 10.1. The summed E-state index contributed by atoms with van der Waals surface area (Å²) in [5.74, 6) is 0.307. The van der Waals surface area contributed by atoms with Crippen molar-refractivity contribution in [1.82, 2.24) is 0 Å². The van der Waals surface area contributed by atoms with Crippen LogP contribution in [0.15, 0.2) is 42.5 Å². The average Bonchev–Trinajstić information content (AvgIpc) is 2.59. The van der Waals surface area contributed by atoms with Crippen molar-refractivity contribution in [3.63, 3.8) is 0 Å². The second-order valence-corrected chi connectivity index (χ2v) is 5.22. The molecule has 0 heterocycles. The number of Topliss-reactive ketones (excluding diaryl/α,β-unsaturated/α-hetero) is 1. The van der Waals surface area contributed by atoms with E-state index in [9.17, 15) is 20.0 Å². The van der Waals surface area contributed by atoms with Gasteiger partial charge in [-0.2, -0.15) is 0 Å². The Morgan fingerprint density at radius 1 is 1.29 bits per heavy atom. The first kappa shape index (κ1) is 17.4. The molecular formula is C17H18N2O5. The molecule has 2 aromatic rings. The van der Waals surface area contributed by atoms with Gasteiger partial charge in [0.2, 0.25) is 0 Å². The topological polar surface area (TPSA) is 102 Å². The van der Waals surface area contributed by atoms with Crippen LogP contribution in [-0.4, -0.2) is 29.5 Å². The molecular weight excluding hydrogens is 312 g/mol. The zero-order valence-corrected chi connectivity index (χ0v) is 13.4. The lowest BCUT2D eigenvalue weighted by Crippen LogP contribution is -2.12. The lowest BCUT2D eigenvalue weighted by Gasteiger charge is -2.14. The number of ketones is 1. The molecule has 2 rings (SSSR count). The van der Waals surface area contributed by atoms with Gasteiger partial charge in [0.1, 0.15) is 5.75 Å². The monoisotopic (exact) mass is 330 g/mol. The number of hydrogen-bond donors (Lipinski definition) is 2. The number of carbonyl (C=O) groups excluding carboxylic acids is 1. The first-order valence-electron chi connectivity index (χ1n) is 7.27. The number of anilines is 1. The summed E-state index contributed by atoms with van der Waals surface area (Å²) in [4.78, 5) is 21.9. The highest BCUT2D eigenvalue weighted by Crippen LogP contribution is 2.24. The van der Waals surface area contributed by atoms with Gasteiger partial charge < -0.3 is 15.2 Å². The van der Waals surface area contributed by atoms with Crippen molar-refractivity contribution in [1.29, 1.82) is 0 Å². The van der Waals surface area contributed by atoms with Crippen LogP contribution in [0.1, 0.15) is 28.9 Å². The Hall–Kier alpha value is -2.93. The van der Waals surface area contributed by atoms with Gasteiger partial charge in [0.25, 0.3) is 5.69 Å². The van der Waals surface area contributed by atoms with Crippen LogP contribution in [0.4, 0.5) is 11.4 Å². The fourth-order valence-corrected chi connectivity index (χ4v) is 2.25. The van der Waals surface area contributed by atoms with Gasteiger partial charge in [-0.1, -0.05) is 12.1 Å². The minimum atomic E-state index is -0.771. The Morgan fingerprint density at radius 2 is 1.96 bits per heavy atom. The summed E-state index contributed by atoms with van der Waals surface area (Å²) in [5.41, 5.74) is 1.03. The van der Waals surface area contributed by atoms with Gasteiger partial charge in [0, 0.05) is 18.3 Å². The fraction of sp³-hybridized carbons (Fsp3) is 0.235. The van der Waals surface area contributed by atoms with E-state index in [1.807, 2.05) is 0 Å². The van der Waals surface area contributed by atoms with E-state index in [-0.39, 0.29) is 23.6 Å². The predicted molar refractivity (Wildman–Crippen MR) is 89.5 cm³/mol. The Morgan fingerprint density at radius 3 is 2.50 bits per heavy atom. The molecule has 0 saturated heterocycles. The quantitative estimate of drug-likeness (QED) is 0.460. The van der Waals surface area contributed by atoms with Crippen LogP contribution < -0.4 is 10.1 Å². The first-order valence-corrected chi connectivity index (χ1v) is 7.27. The van der Waals surface area contributed by atoms with E-state index in [1.54, 1.807) is 31.4 Å². The summed E-state index contributed by atoms with van der Waals surface area (Å²) >= 11 is 0. The molecule has 0 amide bonds. The number of nitro groups is 1. The van der Waals surface area contributed by atoms with Crippen molar-refractivity contribution in [2.24, 2.45) is 0 Å². The molecule has 0 spiro atoms. The molecule has 0 fully saturated rings. The minimum Gasteiger partial charge on any atom is -0.497 e. The molecule has 7 nitrogen and oxygen atoms in total. The number of hydrogen-bond acceptors (Lipinski definition) is 6. The van der Waals surface area contributed by atoms with Gasteiger partial charge >= 0.3 is 0 Å². The Bertz CT molecular complexity index is 743. The Balaban J connectivity index is 2.09. The zero-order valence-electron chi connectivity index (χ0n) is 13.4. The van der Waals surface area contributed by atoms with E-state index in [4.69, 9.17) is 4.74 Å². The smallest absolute Gasteiger partial charge is 0.280 e. The molecule has 1 atom stereocenters. The highest BCUT2D eigenvalue weighted by atomic mass is 16.6. The highest BCUT2D eigenvalue weighted by Gasteiger charge is 2.18. The maximum absolute atomic E-state index is 11.5. The summed E-state index contributed by atoms with van der Waals surface area (Å²) in [6.45, 7) is 1.47. The van der Waals surface area contributed by atoms with E-state index >= 15 is 0 Å². The molecule has 0 radical (unpaired) electrons. The summed E-state index contributed by atoms with van der Waals surface area (Å²) < 4.78 is 5.06. The molecule has 1 unspecified atom stereocenters. The molecule has 2 aromatic carbocycles. The number of aliphatic hydroxyl groups is 1. The third-order valence-electron chi connectivity index (χ3n) is 3.57. The number of nitro benzene ring substituents is 1. The number of methoxy groups -OCH3 is 1. The van der Waals surface area contributed by atoms with Crippen molar-refractivity contribution < 1.29 is 19.6 Å². The second-order valence-electron chi connectivity index (χ2n) is 5.22. The standard InChI is InChI=1S/C17H18N2O5/c1-11(20)15-9-13(5-8-16(15)19(22)23)18-10-17(21)12-3-6-14(24-2)7-4-12/h3-9,17-18,21H,10H2,1-2H3. The van der Waals surface area contributed by atoms with Gasteiger partial charge in [0.05, 0.1) is 23.7 Å². The van der Waals surface area contributed by atoms with Crippen molar-refractivity contribution in [3.05, 3.63) is 63.7 Å². The number of benzene rings is 2. The minimum absolute atomic E-state index is 0.0314. The maximum Gasteiger partial charge on any atom is 0.280 e. The van der Waals surface area contributed by atoms with Crippen LogP contribution in [0.3, 0.4) is 0 Å². The largest absolute Gasteiger partial charge is 0.497 e. The van der Waals surface area contributed by atoms with Crippen LogP contribution in [0.2, 0.25) is 0 Å². The van der Waals surface area contributed by atoms with E-state index in [0.29, 0.717) is 17.0 Å². The number of rotatable bonds is 7. The van der Waals surface area contributed by atoms with E-state index in [0.717, 1.165) is 0 Å². The lowest BCUT2D eigenvalue weighted by molar-refractivity contribution is -0.385. The summed E-state index contributed by atoms with van der Waals surface area (Å²) in [6, 6.07) is 11.2. The van der Waals surface area contributed by atoms with Crippen molar-refractivity contribution in [2.45, 2.75) is 13.0 Å². The molecule has 0 aliphatic carbocycles. The van der Waals surface area contributed by atoms with E-state index in [1.165, 1.54) is 25.1 Å². The number of nitrogens with one attached hydrogen (secondary N) is 1. The molecule has 0 aliphatic heterocycles. The van der Waals surface area contributed by atoms with E-state index < -0.39 is 11.0 Å². The van der Waals surface area contributed by atoms with Gasteiger partial charge in [-0.05, 0) is 36.8 Å². The van der Waals surface area contributed by atoms with Gasteiger partial charge in [0.15, 0.2) is 5.78 Å². The Kier molecular flexibility index (Phi) is 5.49. The van der Waals surface area contributed by atoms with Gasteiger partial charge in [-0.25, -0.2) is 0 Å². The molecule has 126 valence electrons. The zero-order chi connectivity index (χ0) is 17.7. The summed E-state index contributed by atoms with van der Waals surface area (Å²) in [5, 5.41) is 24.1. The third kappa shape index (κ3) is 4.08. The molecule has 0 saturated carbocycles. The molecule has 0 aliphatic rings. The number of nitrogens with zero attached hydrogens (tertiary/aromatic N) is 1. The number of ether oxygens (including phenoxy) is 1. The molecule has 7 heteroatoms. The van der Waals surface area contributed by atoms with Crippen LogP contribution in [-0.2, 0) is 0 Å². The maximum atomic E-state index is 11.5. The number of aliphatic hydroxyl groups excluding tert-OH is 1. The molecule has 0 aromatic heterocycles. The highest BCUT2D eigenvalue weighted by molar-refractivity contribution is 5.99. The van der Waals surface area contributed by atoms with E-state index in [2.05, 4.69) is 5.32 Å². The Labute approximate surface area is 139 Å². The second kappa shape index (κ2) is 7.56. The average molecular weight is 330 g/mol. The summed E-state index contributed by atoms with van der Waals surface area (Å²) in [7, 11) is 1.56. The normalized spacial score (nSPS) is 11.6.